The molecule has 1 aliphatic rings. The van der Waals surface area contributed by atoms with Gasteiger partial charge in [-0.05, 0) is 62.4 Å². The first kappa shape index (κ1) is 19.7. The number of anilines is 2. The Balaban J connectivity index is 1.48. The number of nitrogens with one attached hydrogen (secondary N) is 1. The van der Waals surface area contributed by atoms with Crippen molar-refractivity contribution < 1.29 is 9.59 Å². The summed E-state index contributed by atoms with van der Waals surface area (Å²) in [4.78, 5) is 35.0. The van der Waals surface area contributed by atoms with Crippen molar-refractivity contribution in [3.63, 3.8) is 0 Å². The molecule has 0 radical (unpaired) electrons. The Bertz CT molecular complexity index is 1090. The largest absolute Gasteiger partial charge is 0.383 e. The Morgan fingerprint density at radius 3 is 2.62 bits per heavy atom. The van der Waals surface area contributed by atoms with E-state index >= 15 is 0 Å². The zero-order valence-corrected chi connectivity index (χ0v) is 17.5. The number of benzene rings is 1. The van der Waals surface area contributed by atoms with Crippen molar-refractivity contribution in [2.24, 2.45) is 5.73 Å². The molecule has 3 aromatic rings. The number of carbonyl (C=O) groups is 2. The Morgan fingerprint density at radius 1 is 1.17 bits per heavy atom. The zero-order chi connectivity index (χ0) is 20.5. The number of fused-ring (bicyclic) bond motifs is 3. The van der Waals surface area contributed by atoms with Crippen LogP contribution in [0.2, 0.25) is 0 Å². The van der Waals surface area contributed by atoms with E-state index in [0.717, 1.165) is 23.1 Å². The van der Waals surface area contributed by atoms with Crippen molar-refractivity contribution in [2.45, 2.75) is 43.0 Å². The number of hydrogen-bond donors (Lipinski definition) is 3. The molecule has 9 heteroatoms. The third-order valence-corrected chi connectivity index (χ3v) is 7.06. The Kier molecular flexibility index (Phi) is 5.42. The number of thiophene rings is 1. The van der Waals surface area contributed by atoms with E-state index in [2.05, 4.69) is 15.3 Å². The number of thioether (sulfide) groups is 1. The van der Waals surface area contributed by atoms with E-state index in [-0.39, 0.29) is 5.91 Å². The van der Waals surface area contributed by atoms with Crippen molar-refractivity contribution in [3.05, 3.63) is 40.3 Å². The van der Waals surface area contributed by atoms with Crippen LogP contribution in [0.1, 0.15) is 40.6 Å². The molecule has 0 saturated heterocycles. The standard InChI is InChI=1S/C20H21N5O2S2/c1-10(18(27)23-12-8-6-11(7-9-12)17(22)26)28-20-24-16(21)15-13-4-2-3-5-14(13)29-19(15)25-20/h6-10H,2-5H2,1H3,(H2,22,26)(H,23,27)(H2,21,24,25). The van der Waals surface area contributed by atoms with Crippen molar-refractivity contribution in [2.75, 3.05) is 11.1 Å². The summed E-state index contributed by atoms with van der Waals surface area (Å²) >= 11 is 2.96. The summed E-state index contributed by atoms with van der Waals surface area (Å²) in [5.74, 6) is -0.201. The summed E-state index contributed by atoms with van der Waals surface area (Å²) in [7, 11) is 0. The minimum Gasteiger partial charge on any atom is -0.383 e. The maximum atomic E-state index is 12.5. The third-order valence-electron chi connectivity index (χ3n) is 4.91. The second kappa shape index (κ2) is 8.00. The molecule has 0 fully saturated rings. The van der Waals surface area contributed by atoms with E-state index in [1.807, 2.05) is 0 Å². The average Bonchev–Trinajstić information content (AvgIpc) is 3.07. The van der Waals surface area contributed by atoms with Gasteiger partial charge in [0.05, 0.1) is 10.6 Å². The molecule has 1 atom stereocenters. The highest BCUT2D eigenvalue weighted by Crippen LogP contribution is 2.38. The monoisotopic (exact) mass is 427 g/mol. The SMILES string of the molecule is CC(Sc1nc(N)c2c3c(sc2n1)CCCC3)C(=O)Nc1ccc(C(N)=O)cc1. The van der Waals surface area contributed by atoms with Gasteiger partial charge in [-0.3, -0.25) is 9.59 Å². The Hall–Kier alpha value is -2.65. The number of rotatable bonds is 5. The maximum Gasteiger partial charge on any atom is 0.248 e. The van der Waals surface area contributed by atoms with Gasteiger partial charge in [-0.2, -0.15) is 0 Å². The summed E-state index contributed by atoms with van der Waals surface area (Å²) in [6, 6.07) is 6.44. The summed E-state index contributed by atoms with van der Waals surface area (Å²) < 4.78 is 0. The number of hydrogen-bond acceptors (Lipinski definition) is 7. The molecule has 2 heterocycles. The lowest BCUT2D eigenvalue weighted by atomic mass is 9.97. The number of primary amides is 1. The lowest BCUT2D eigenvalue weighted by Crippen LogP contribution is -2.22. The second-order valence-electron chi connectivity index (χ2n) is 6.97. The van der Waals surface area contributed by atoms with Crippen LogP contribution in [-0.2, 0) is 17.6 Å². The van der Waals surface area contributed by atoms with Gasteiger partial charge in [0, 0.05) is 16.1 Å². The van der Waals surface area contributed by atoms with E-state index in [4.69, 9.17) is 11.5 Å². The zero-order valence-electron chi connectivity index (χ0n) is 15.9. The van der Waals surface area contributed by atoms with Crippen LogP contribution in [0.3, 0.4) is 0 Å². The van der Waals surface area contributed by atoms with Crippen LogP contribution in [0, 0.1) is 0 Å². The van der Waals surface area contributed by atoms with Gasteiger partial charge in [-0.25, -0.2) is 9.97 Å². The van der Waals surface area contributed by atoms with Crippen LogP contribution in [0.15, 0.2) is 29.4 Å². The van der Waals surface area contributed by atoms with Crippen molar-refractivity contribution in [1.29, 1.82) is 0 Å². The summed E-state index contributed by atoms with van der Waals surface area (Å²) in [6.45, 7) is 1.79. The molecule has 4 rings (SSSR count). The molecule has 1 unspecified atom stereocenters. The normalized spacial score (nSPS) is 14.4. The topological polar surface area (TPSA) is 124 Å². The molecule has 1 aliphatic carbocycles. The smallest absolute Gasteiger partial charge is 0.248 e. The molecule has 5 N–H and O–H groups in total. The summed E-state index contributed by atoms with van der Waals surface area (Å²) in [5, 5.41) is 3.89. The number of aryl methyl sites for hydroxylation is 2. The average molecular weight is 428 g/mol. The van der Waals surface area contributed by atoms with Crippen LogP contribution in [0.5, 0.6) is 0 Å². The van der Waals surface area contributed by atoms with E-state index in [9.17, 15) is 9.59 Å². The maximum absolute atomic E-state index is 12.5. The van der Waals surface area contributed by atoms with Gasteiger partial charge in [0.25, 0.3) is 0 Å². The van der Waals surface area contributed by atoms with E-state index in [0.29, 0.717) is 22.2 Å². The van der Waals surface area contributed by atoms with Gasteiger partial charge in [0.2, 0.25) is 11.8 Å². The number of nitrogens with zero attached hydrogens (tertiary/aromatic N) is 2. The Labute approximate surface area is 176 Å². The highest BCUT2D eigenvalue weighted by Gasteiger charge is 2.22. The van der Waals surface area contributed by atoms with Crippen LogP contribution in [0.4, 0.5) is 11.5 Å². The summed E-state index contributed by atoms with van der Waals surface area (Å²) in [6.07, 6.45) is 4.48. The van der Waals surface area contributed by atoms with E-state index < -0.39 is 11.2 Å². The molecule has 0 spiro atoms. The van der Waals surface area contributed by atoms with E-state index in [1.54, 1.807) is 42.5 Å². The molecule has 2 aromatic heterocycles. The van der Waals surface area contributed by atoms with Gasteiger partial charge in [-0.15, -0.1) is 11.3 Å². The predicted molar refractivity (Wildman–Crippen MR) is 117 cm³/mol. The molecule has 0 aliphatic heterocycles. The van der Waals surface area contributed by atoms with Gasteiger partial charge in [0.15, 0.2) is 5.16 Å². The molecule has 7 nitrogen and oxygen atoms in total. The minimum atomic E-state index is -0.507. The van der Waals surface area contributed by atoms with E-state index in [1.165, 1.54) is 35.0 Å². The van der Waals surface area contributed by atoms with Crippen molar-refractivity contribution in [1.82, 2.24) is 9.97 Å². The van der Waals surface area contributed by atoms with Crippen molar-refractivity contribution in [3.8, 4) is 0 Å². The number of carbonyl (C=O) groups excluding carboxylic acids is 2. The fourth-order valence-electron chi connectivity index (χ4n) is 3.39. The first-order chi connectivity index (χ1) is 13.9. The first-order valence-corrected chi connectivity index (χ1v) is 11.1. The molecule has 1 aromatic carbocycles. The Morgan fingerprint density at radius 2 is 1.90 bits per heavy atom. The fraction of sp³-hybridized carbons (Fsp3) is 0.300. The quantitative estimate of drug-likeness (QED) is 0.424. The molecule has 0 saturated carbocycles. The number of aromatic nitrogens is 2. The van der Waals surface area contributed by atoms with Crippen LogP contribution < -0.4 is 16.8 Å². The first-order valence-electron chi connectivity index (χ1n) is 9.37. The lowest BCUT2D eigenvalue weighted by Gasteiger charge is -2.12. The number of nitrogen functional groups attached to an aromatic ring is 1. The number of amides is 2. The van der Waals surface area contributed by atoms with Crippen LogP contribution >= 0.6 is 23.1 Å². The summed E-state index contributed by atoms with van der Waals surface area (Å²) in [5.41, 5.74) is 13.8. The lowest BCUT2D eigenvalue weighted by molar-refractivity contribution is -0.115. The molecule has 2 amide bonds. The van der Waals surface area contributed by atoms with Crippen molar-refractivity contribution >= 4 is 56.6 Å². The van der Waals surface area contributed by atoms with Crippen LogP contribution in [-0.4, -0.2) is 27.0 Å². The van der Waals surface area contributed by atoms with Crippen LogP contribution in [0.25, 0.3) is 10.2 Å². The highest BCUT2D eigenvalue weighted by molar-refractivity contribution is 8.00. The fourth-order valence-corrected chi connectivity index (χ4v) is 5.50. The third kappa shape index (κ3) is 4.06. The molecule has 150 valence electrons. The van der Waals surface area contributed by atoms with Gasteiger partial charge < -0.3 is 16.8 Å². The highest BCUT2D eigenvalue weighted by atomic mass is 32.2. The predicted octanol–water partition coefficient (Wildman–Crippen LogP) is 3.37. The van der Waals surface area contributed by atoms with Gasteiger partial charge in [0.1, 0.15) is 10.6 Å². The van der Waals surface area contributed by atoms with Gasteiger partial charge >= 0.3 is 0 Å². The van der Waals surface area contributed by atoms with Gasteiger partial charge in [-0.1, -0.05) is 11.8 Å². The second-order valence-corrected chi connectivity index (χ2v) is 9.36. The molecular formula is C20H21N5O2S2. The minimum absolute atomic E-state index is 0.186. The molecule has 0 bridgehead atoms. The molecular weight excluding hydrogens is 406 g/mol. The molecule has 29 heavy (non-hydrogen) atoms. The number of nitrogens with two attached hydrogens (primary N) is 2.